The molecule has 0 saturated heterocycles. The number of hydrogen-bond acceptors (Lipinski definition) is 7. The van der Waals surface area contributed by atoms with Crippen molar-refractivity contribution in [2.24, 2.45) is 4.99 Å². The molecular weight excluding hydrogens is 507 g/mol. The highest BCUT2D eigenvalue weighted by atomic mass is 19.1. The summed E-state index contributed by atoms with van der Waals surface area (Å²) in [5.74, 6) is -0.170. The lowest BCUT2D eigenvalue weighted by molar-refractivity contribution is -0.116. The summed E-state index contributed by atoms with van der Waals surface area (Å²) in [7, 11) is 0. The lowest BCUT2D eigenvalue weighted by Gasteiger charge is -2.12. The van der Waals surface area contributed by atoms with Gasteiger partial charge in [-0.25, -0.2) is 9.37 Å². The second-order valence-electron chi connectivity index (χ2n) is 9.34. The van der Waals surface area contributed by atoms with Gasteiger partial charge in [-0.3, -0.25) is 29.7 Å². The summed E-state index contributed by atoms with van der Waals surface area (Å²) < 4.78 is 16.4. The van der Waals surface area contributed by atoms with Crippen LogP contribution in [0.2, 0.25) is 0 Å². The van der Waals surface area contributed by atoms with Crippen LogP contribution >= 0.6 is 0 Å². The zero-order valence-electron chi connectivity index (χ0n) is 21.7. The minimum Gasteiger partial charge on any atom is -0.338 e. The van der Waals surface area contributed by atoms with E-state index in [1.807, 2.05) is 31.2 Å². The predicted molar refractivity (Wildman–Crippen MR) is 153 cm³/mol. The molecule has 0 atom stereocenters. The van der Waals surface area contributed by atoms with Crippen LogP contribution in [-0.4, -0.2) is 42.0 Å². The predicted octanol–water partition coefficient (Wildman–Crippen LogP) is 6.28. The number of aliphatic imine (C=N–C) groups is 1. The Kier molecular flexibility index (Phi) is 6.88. The first-order valence-corrected chi connectivity index (χ1v) is 13.0. The summed E-state index contributed by atoms with van der Waals surface area (Å²) in [6.45, 7) is 2.02. The maximum Gasteiger partial charge on any atom is 0.224 e. The fraction of sp³-hybridized carbons (Fsp3) is 0.167. The highest BCUT2D eigenvalue weighted by Gasteiger charge is 2.24. The van der Waals surface area contributed by atoms with E-state index in [0.29, 0.717) is 52.4 Å². The molecule has 6 rings (SSSR count). The van der Waals surface area contributed by atoms with Crippen molar-refractivity contribution in [1.82, 2.24) is 29.9 Å². The van der Waals surface area contributed by atoms with Crippen LogP contribution < -0.4 is 5.32 Å². The third kappa shape index (κ3) is 4.86. The number of fused-ring (bicyclic) bond motifs is 2. The highest BCUT2D eigenvalue weighted by molar-refractivity contribution is 5.95. The average molecular weight is 533 g/mol. The lowest BCUT2D eigenvalue weighted by Crippen LogP contribution is -2.11. The Labute approximate surface area is 229 Å². The van der Waals surface area contributed by atoms with Gasteiger partial charge in [0.2, 0.25) is 5.91 Å². The number of allylic oxidation sites excluding steroid dienone is 1. The maximum atomic E-state index is 16.4. The van der Waals surface area contributed by atoms with E-state index in [-0.39, 0.29) is 17.2 Å². The summed E-state index contributed by atoms with van der Waals surface area (Å²) in [4.78, 5) is 42.2. The molecule has 9 nitrogen and oxygen atoms in total. The molecule has 0 spiro atoms. The van der Waals surface area contributed by atoms with Gasteiger partial charge in [0.15, 0.2) is 5.82 Å². The van der Waals surface area contributed by atoms with Crippen molar-refractivity contribution in [3.63, 3.8) is 0 Å². The molecule has 1 amide bonds. The van der Waals surface area contributed by atoms with Crippen LogP contribution in [0.5, 0.6) is 0 Å². The fourth-order valence-corrected chi connectivity index (χ4v) is 4.65. The largest absolute Gasteiger partial charge is 0.338 e. The maximum absolute atomic E-state index is 16.4. The molecule has 1 aliphatic heterocycles. The zero-order chi connectivity index (χ0) is 27.5. The monoisotopic (exact) mass is 532 g/mol. The SMILES string of the molecule is CCCCC(=O)Nc1cncc(-c2ncc3c(c2F)C(c2nc4c(-c5cccnc5)nccc4[nH]2)=CCC=N3)c1. The molecule has 5 aromatic heterocycles. The molecule has 2 N–H and O–H groups in total. The topological polar surface area (TPSA) is 122 Å². The molecule has 1 aliphatic rings. The van der Waals surface area contributed by atoms with Gasteiger partial charge in [0.05, 0.1) is 40.5 Å². The van der Waals surface area contributed by atoms with Gasteiger partial charge in [0.25, 0.3) is 0 Å². The van der Waals surface area contributed by atoms with Crippen LogP contribution in [0.15, 0.2) is 72.5 Å². The second-order valence-corrected chi connectivity index (χ2v) is 9.34. The number of carbonyl (C=O) groups is 1. The van der Waals surface area contributed by atoms with Gasteiger partial charge >= 0.3 is 0 Å². The number of amides is 1. The molecule has 0 bridgehead atoms. The van der Waals surface area contributed by atoms with Gasteiger partial charge in [0.1, 0.15) is 17.0 Å². The normalized spacial score (nSPS) is 12.6. The molecule has 40 heavy (non-hydrogen) atoms. The number of hydrogen-bond donors (Lipinski definition) is 2. The van der Waals surface area contributed by atoms with E-state index in [1.165, 1.54) is 12.4 Å². The van der Waals surface area contributed by atoms with E-state index in [1.54, 1.807) is 37.1 Å². The van der Waals surface area contributed by atoms with Gasteiger partial charge in [-0.15, -0.1) is 0 Å². The Balaban J connectivity index is 1.42. The summed E-state index contributed by atoms with van der Waals surface area (Å²) in [6.07, 6.45) is 15.9. The number of H-pyrrole nitrogens is 1. The van der Waals surface area contributed by atoms with Crippen molar-refractivity contribution < 1.29 is 9.18 Å². The van der Waals surface area contributed by atoms with Crippen molar-refractivity contribution in [3.05, 3.63) is 84.7 Å². The quantitative estimate of drug-likeness (QED) is 0.254. The van der Waals surface area contributed by atoms with Gasteiger partial charge in [-0.1, -0.05) is 19.4 Å². The number of rotatable bonds is 7. The molecule has 198 valence electrons. The first kappa shape index (κ1) is 25.2. The minimum absolute atomic E-state index is 0.104. The summed E-state index contributed by atoms with van der Waals surface area (Å²) in [5, 5.41) is 2.84. The van der Waals surface area contributed by atoms with E-state index in [4.69, 9.17) is 4.98 Å². The Hall–Kier alpha value is -5.12. The zero-order valence-corrected chi connectivity index (χ0v) is 21.7. The molecule has 0 radical (unpaired) electrons. The van der Waals surface area contributed by atoms with Crippen molar-refractivity contribution in [2.45, 2.75) is 32.6 Å². The highest BCUT2D eigenvalue weighted by Crippen LogP contribution is 2.38. The van der Waals surface area contributed by atoms with Crippen molar-refractivity contribution in [2.75, 3.05) is 5.32 Å². The Morgan fingerprint density at radius 2 is 1.95 bits per heavy atom. The second kappa shape index (κ2) is 10.9. The van der Waals surface area contributed by atoms with Gasteiger partial charge in [0, 0.05) is 60.5 Å². The fourth-order valence-electron chi connectivity index (χ4n) is 4.65. The number of halogens is 1. The number of nitrogens with zero attached hydrogens (tertiary/aromatic N) is 6. The Morgan fingerprint density at radius 1 is 1.05 bits per heavy atom. The average Bonchev–Trinajstić information content (AvgIpc) is 3.29. The molecular formula is C30H25FN8O. The molecule has 0 aliphatic carbocycles. The van der Waals surface area contributed by atoms with Crippen LogP contribution in [0.3, 0.4) is 0 Å². The van der Waals surface area contributed by atoms with Crippen molar-refractivity contribution >= 4 is 40.1 Å². The van der Waals surface area contributed by atoms with Crippen LogP contribution in [-0.2, 0) is 4.79 Å². The van der Waals surface area contributed by atoms with E-state index < -0.39 is 5.82 Å². The van der Waals surface area contributed by atoms with E-state index in [2.05, 4.69) is 35.2 Å². The van der Waals surface area contributed by atoms with E-state index >= 15 is 4.39 Å². The van der Waals surface area contributed by atoms with Crippen LogP contribution in [0.1, 0.15) is 44.0 Å². The van der Waals surface area contributed by atoms with Gasteiger partial charge < -0.3 is 10.3 Å². The van der Waals surface area contributed by atoms with Gasteiger partial charge in [-0.2, -0.15) is 0 Å². The van der Waals surface area contributed by atoms with Gasteiger partial charge in [-0.05, 0) is 30.7 Å². The Morgan fingerprint density at radius 3 is 2.80 bits per heavy atom. The third-order valence-corrected chi connectivity index (χ3v) is 6.57. The first-order valence-electron chi connectivity index (χ1n) is 13.0. The third-order valence-electron chi connectivity index (χ3n) is 6.57. The minimum atomic E-state index is -0.551. The number of nitrogens with one attached hydrogen (secondary N) is 2. The number of carbonyl (C=O) groups excluding carboxylic acids is 1. The number of unbranched alkanes of at least 4 members (excludes halogenated alkanes) is 1. The van der Waals surface area contributed by atoms with Crippen LogP contribution in [0.25, 0.3) is 39.1 Å². The number of anilines is 1. The lowest BCUT2D eigenvalue weighted by atomic mass is 10.0. The summed E-state index contributed by atoms with van der Waals surface area (Å²) in [5.41, 5.74) is 5.21. The molecule has 0 saturated carbocycles. The van der Waals surface area contributed by atoms with E-state index in [9.17, 15) is 4.79 Å². The first-order chi connectivity index (χ1) is 19.6. The van der Waals surface area contributed by atoms with E-state index in [0.717, 1.165) is 23.9 Å². The van der Waals surface area contributed by atoms with Crippen LogP contribution in [0.4, 0.5) is 15.8 Å². The number of aromatic amines is 1. The molecule has 10 heteroatoms. The summed E-state index contributed by atoms with van der Waals surface area (Å²) in [6, 6.07) is 7.27. The molecule has 5 aromatic rings. The standard InChI is InChI=1S/C30H25FN8O/c1-2-3-8-24(40)37-20-13-19(15-33-16-20)27-26(31)25-21(7-5-11-34-23(25)17-36-27)30-38-22-9-12-35-28(29(22)39-30)18-6-4-10-32-14-18/h4,6-7,9-17H,2-3,5,8H2,1H3,(H,37,40)(H,38,39). The number of imidazole rings is 1. The molecule has 6 heterocycles. The molecule has 0 unspecified atom stereocenters. The van der Waals surface area contributed by atoms with Crippen molar-refractivity contribution in [3.8, 4) is 22.5 Å². The molecule has 0 aromatic carbocycles. The molecule has 0 fully saturated rings. The smallest absolute Gasteiger partial charge is 0.224 e. The van der Waals surface area contributed by atoms with Crippen molar-refractivity contribution in [1.29, 1.82) is 0 Å². The number of pyridine rings is 4. The number of aromatic nitrogens is 6. The van der Waals surface area contributed by atoms with Crippen LogP contribution in [0, 0.1) is 5.82 Å². The summed E-state index contributed by atoms with van der Waals surface area (Å²) >= 11 is 0. The Bertz CT molecular complexity index is 1780.